The third-order valence-electron chi connectivity index (χ3n) is 3.08. The van der Waals surface area contributed by atoms with E-state index in [0.717, 1.165) is 23.6 Å². The van der Waals surface area contributed by atoms with Gasteiger partial charge >= 0.3 is 0 Å². The number of carbonyl (C=O) groups excluding carboxylic acids is 1. The van der Waals surface area contributed by atoms with Gasteiger partial charge in [-0.2, -0.15) is 0 Å². The Labute approximate surface area is 128 Å². The highest BCUT2D eigenvalue weighted by molar-refractivity contribution is 7.80. The molecular formula is C14H18N2O4S. The molecule has 1 fully saturated rings. The normalized spacial score (nSPS) is 14.6. The summed E-state index contributed by atoms with van der Waals surface area (Å²) >= 11 is 5.50. The summed E-state index contributed by atoms with van der Waals surface area (Å²) in [5.74, 6) is 0.444. The Bertz CT molecular complexity index is 530. The first-order valence-electron chi connectivity index (χ1n) is 6.58. The standard InChI is InChI=1S/C14H18N2O4S/c1-18-12-8-10(2-3-11(12)20-9-13(15)17)14(21)16-4-6-19-7-5-16/h2-3,8H,4-7,9H2,1H3,(H2,15,17). The smallest absolute Gasteiger partial charge is 0.255 e. The monoisotopic (exact) mass is 310 g/mol. The predicted molar refractivity (Wildman–Crippen MR) is 81.8 cm³/mol. The Kier molecular flexibility index (Phi) is 5.35. The van der Waals surface area contributed by atoms with Crippen molar-refractivity contribution >= 4 is 23.1 Å². The molecule has 0 radical (unpaired) electrons. The molecule has 2 rings (SSSR count). The van der Waals surface area contributed by atoms with E-state index in [2.05, 4.69) is 4.90 Å². The van der Waals surface area contributed by atoms with Gasteiger partial charge in [-0.1, -0.05) is 12.2 Å². The molecular weight excluding hydrogens is 292 g/mol. The number of nitrogens with zero attached hydrogens (tertiary/aromatic N) is 1. The highest BCUT2D eigenvalue weighted by Crippen LogP contribution is 2.28. The van der Waals surface area contributed by atoms with Gasteiger partial charge in [0.15, 0.2) is 18.1 Å². The number of primary amides is 1. The molecule has 1 saturated heterocycles. The minimum Gasteiger partial charge on any atom is -0.493 e. The average Bonchev–Trinajstić information content (AvgIpc) is 2.52. The van der Waals surface area contributed by atoms with Gasteiger partial charge in [0, 0.05) is 18.7 Å². The van der Waals surface area contributed by atoms with Gasteiger partial charge in [-0.15, -0.1) is 0 Å². The number of nitrogens with two attached hydrogens (primary N) is 1. The molecule has 0 aromatic heterocycles. The van der Waals surface area contributed by atoms with Crippen LogP contribution in [0.4, 0.5) is 0 Å². The lowest BCUT2D eigenvalue weighted by atomic mass is 10.1. The first-order valence-corrected chi connectivity index (χ1v) is 6.99. The fourth-order valence-electron chi connectivity index (χ4n) is 2.02. The number of benzene rings is 1. The molecule has 1 aliphatic rings. The topological polar surface area (TPSA) is 74.0 Å². The number of ether oxygens (including phenoxy) is 3. The van der Waals surface area contributed by atoms with Gasteiger partial charge in [0.25, 0.3) is 5.91 Å². The number of methoxy groups -OCH3 is 1. The summed E-state index contributed by atoms with van der Waals surface area (Å²) in [7, 11) is 1.54. The van der Waals surface area contributed by atoms with Crippen LogP contribution in [-0.2, 0) is 9.53 Å². The number of amides is 1. The lowest BCUT2D eigenvalue weighted by molar-refractivity contribution is -0.119. The van der Waals surface area contributed by atoms with Crippen LogP contribution in [0.25, 0.3) is 0 Å². The van der Waals surface area contributed by atoms with E-state index in [1.54, 1.807) is 12.1 Å². The van der Waals surface area contributed by atoms with Crippen molar-refractivity contribution < 1.29 is 19.0 Å². The molecule has 0 unspecified atom stereocenters. The number of hydrogen-bond acceptors (Lipinski definition) is 5. The van der Waals surface area contributed by atoms with Crippen molar-refractivity contribution in [2.45, 2.75) is 0 Å². The fraction of sp³-hybridized carbons (Fsp3) is 0.429. The molecule has 0 saturated carbocycles. The van der Waals surface area contributed by atoms with Crippen molar-refractivity contribution in [2.75, 3.05) is 40.0 Å². The summed E-state index contributed by atoms with van der Waals surface area (Å²) in [6.45, 7) is 2.72. The quantitative estimate of drug-likeness (QED) is 0.802. The van der Waals surface area contributed by atoms with Gasteiger partial charge in [-0.25, -0.2) is 0 Å². The second-order valence-corrected chi connectivity index (χ2v) is 4.91. The summed E-state index contributed by atoms with van der Waals surface area (Å²) in [5, 5.41) is 0. The van der Waals surface area contributed by atoms with Gasteiger partial charge < -0.3 is 24.8 Å². The third-order valence-corrected chi connectivity index (χ3v) is 3.57. The summed E-state index contributed by atoms with van der Waals surface area (Å²) in [6.07, 6.45) is 0. The lowest BCUT2D eigenvalue weighted by Gasteiger charge is -2.29. The highest BCUT2D eigenvalue weighted by Gasteiger charge is 2.17. The highest BCUT2D eigenvalue weighted by atomic mass is 32.1. The maximum Gasteiger partial charge on any atom is 0.255 e. The van der Waals surface area contributed by atoms with E-state index >= 15 is 0 Å². The van der Waals surface area contributed by atoms with Crippen LogP contribution in [0.15, 0.2) is 18.2 Å². The summed E-state index contributed by atoms with van der Waals surface area (Å²) < 4.78 is 15.9. The second-order valence-electron chi connectivity index (χ2n) is 4.53. The van der Waals surface area contributed by atoms with Gasteiger partial charge in [0.05, 0.1) is 20.3 Å². The Hall–Kier alpha value is -1.86. The van der Waals surface area contributed by atoms with E-state index in [4.69, 9.17) is 32.2 Å². The van der Waals surface area contributed by atoms with E-state index in [0.29, 0.717) is 24.7 Å². The summed E-state index contributed by atoms with van der Waals surface area (Å²) in [5.41, 5.74) is 5.93. The van der Waals surface area contributed by atoms with Crippen molar-refractivity contribution in [1.82, 2.24) is 4.90 Å². The second kappa shape index (κ2) is 7.24. The maximum absolute atomic E-state index is 10.8. The Balaban J connectivity index is 2.13. The molecule has 0 spiro atoms. The molecule has 1 aliphatic heterocycles. The zero-order chi connectivity index (χ0) is 15.2. The number of morpholine rings is 1. The zero-order valence-corrected chi connectivity index (χ0v) is 12.6. The summed E-state index contributed by atoms with van der Waals surface area (Å²) in [4.78, 5) is 13.6. The minimum absolute atomic E-state index is 0.191. The molecule has 0 aliphatic carbocycles. The molecule has 0 bridgehead atoms. The average molecular weight is 310 g/mol. The van der Waals surface area contributed by atoms with Gasteiger partial charge in [-0.05, 0) is 18.2 Å². The van der Waals surface area contributed by atoms with Crippen LogP contribution in [0, 0.1) is 0 Å². The third kappa shape index (κ3) is 4.05. The van der Waals surface area contributed by atoms with Crippen LogP contribution in [-0.4, -0.2) is 55.8 Å². The number of hydrogen-bond donors (Lipinski definition) is 1. The first kappa shape index (κ1) is 15.5. The molecule has 1 amide bonds. The van der Waals surface area contributed by atoms with Crippen LogP contribution in [0.2, 0.25) is 0 Å². The minimum atomic E-state index is -0.537. The van der Waals surface area contributed by atoms with Crippen molar-refractivity contribution in [3.05, 3.63) is 23.8 Å². The van der Waals surface area contributed by atoms with Crippen molar-refractivity contribution in [3.63, 3.8) is 0 Å². The van der Waals surface area contributed by atoms with E-state index in [-0.39, 0.29) is 6.61 Å². The van der Waals surface area contributed by atoms with Crippen molar-refractivity contribution in [1.29, 1.82) is 0 Å². The lowest BCUT2D eigenvalue weighted by Crippen LogP contribution is -2.40. The largest absolute Gasteiger partial charge is 0.493 e. The molecule has 0 atom stereocenters. The molecule has 6 nitrogen and oxygen atoms in total. The molecule has 1 heterocycles. The van der Waals surface area contributed by atoms with E-state index in [1.807, 2.05) is 6.07 Å². The number of rotatable bonds is 5. The molecule has 21 heavy (non-hydrogen) atoms. The SMILES string of the molecule is COc1cc(C(=S)N2CCOCC2)ccc1OCC(N)=O. The van der Waals surface area contributed by atoms with Crippen LogP contribution in [0.1, 0.15) is 5.56 Å². The molecule has 114 valence electrons. The molecule has 1 aromatic carbocycles. The van der Waals surface area contributed by atoms with Gasteiger partial charge in [0.2, 0.25) is 0 Å². The van der Waals surface area contributed by atoms with E-state index < -0.39 is 5.91 Å². The zero-order valence-electron chi connectivity index (χ0n) is 11.8. The summed E-state index contributed by atoms with van der Waals surface area (Å²) in [6, 6.07) is 5.37. The number of carbonyl (C=O) groups is 1. The fourth-order valence-corrected chi connectivity index (χ4v) is 2.33. The van der Waals surface area contributed by atoms with Crippen molar-refractivity contribution in [2.24, 2.45) is 5.73 Å². The van der Waals surface area contributed by atoms with Gasteiger partial charge in [-0.3, -0.25) is 4.79 Å². The van der Waals surface area contributed by atoms with E-state index in [9.17, 15) is 4.79 Å². The Morgan fingerprint density at radius 3 is 2.71 bits per heavy atom. The maximum atomic E-state index is 10.8. The van der Waals surface area contributed by atoms with E-state index in [1.165, 1.54) is 7.11 Å². The molecule has 1 aromatic rings. The van der Waals surface area contributed by atoms with Crippen LogP contribution in [0.3, 0.4) is 0 Å². The Morgan fingerprint density at radius 2 is 2.10 bits per heavy atom. The first-order chi connectivity index (χ1) is 10.1. The molecule has 2 N–H and O–H groups in total. The van der Waals surface area contributed by atoms with Gasteiger partial charge in [0.1, 0.15) is 4.99 Å². The Morgan fingerprint density at radius 1 is 1.38 bits per heavy atom. The van der Waals surface area contributed by atoms with Crippen molar-refractivity contribution in [3.8, 4) is 11.5 Å². The van der Waals surface area contributed by atoms with Crippen LogP contribution >= 0.6 is 12.2 Å². The molecule has 7 heteroatoms. The van der Waals surface area contributed by atoms with Crippen LogP contribution in [0.5, 0.6) is 11.5 Å². The van der Waals surface area contributed by atoms with Crippen LogP contribution < -0.4 is 15.2 Å². The predicted octanol–water partition coefficient (Wildman–Crippen LogP) is 0.567. The number of thiocarbonyl (C=S) groups is 1.